The highest BCUT2D eigenvalue weighted by Gasteiger charge is 2.19. The first-order chi connectivity index (χ1) is 12.8. The quantitative estimate of drug-likeness (QED) is 0.714. The van der Waals surface area contributed by atoms with E-state index in [2.05, 4.69) is 20.8 Å². The third kappa shape index (κ3) is 3.69. The third-order valence-electron chi connectivity index (χ3n) is 4.60. The number of hydrogen-bond acceptors (Lipinski definition) is 4. The molecule has 1 atom stereocenters. The number of nitrogens with one attached hydrogen (secondary N) is 2. The molecule has 3 rings (SSSR count). The number of aromatic nitrogens is 4. The van der Waals surface area contributed by atoms with Gasteiger partial charge < -0.3 is 10.6 Å². The van der Waals surface area contributed by atoms with Gasteiger partial charge in [0.15, 0.2) is 0 Å². The zero-order chi connectivity index (χ0) is 19.7. The minimum absolute atomic E-state index is 0.188. The van der Waals surface area contributed by atoms with E-state index in [-0.39, 0.29) is 17.9 Å². The Labute approximate surface area is 157 Å². The van der Waals surface area contributed by atoms with Gasteiger partial charge in [0.1, 0.15) is 0 Å². The molecule has 0 saturated heterocycles. The first-order valence-electron chi connectivity index (χ1n) is 8.81. The molecule has 8 nitrogen and oxygen atoms in total. The van der Waals surface area contributed by atoms with E-state index in [0.717, 1.165) is 16.8 Å². The maximum absolute atomic E-state index is 12.5. The Balaban J connectivity index is 1.63. The van der Waals surface area contributed by atoms with Gasteiger partial charge in [0, 0.05) is 31.5 Å². The molecule has 2 N–H and O–H groups in total. The van der Waals surface area contributed by atoms with Gasteiger partial charge in [-0.15, -0.1) is 0 Å². The molecule has 0 saturated carbocycles. The van der Waals surface area contributed by atoms with Crippen molar-refractivity contribution in [2.24, 2.45) is 7.05 Å². The molecule has 0 fully saturated rings. The van der Waals surface area contributed by atoms with Gasteiger partial charge in [-0.2, -0.15) is 10.2 Å². The second-order valence-corrected chi connectivity index (χ2v) is 6.85. The molecule has 0 aliphatic heterocycles. The van der Waals surface area contributed by atoms with E-state index in [4.69, 9.17) is 0 Å². The second-order valence-electron chi connectivity index (χ2n) is 6.85. The number of carbonyl (C=O) groups excluding carboxylic acids is 2. The van der Waals surface area contributed by atoms with Crippen LogP contribution in [-0.2, 0) is 7.05 Å². The summed E-state index contributed by atoms with van der Waals surface area (Å²) in [7, 11) is 1.81. The highest BCUT2D eigenvalue weighted by molar-refractivity contribution is 6.00. The molecule has 0 spiro atoms. The Kier molecular flexibility index (Phi) is 4.98. The standard InChI is InChI=1S/C19H24N6O2/c1-11-6-7-25-16(8-11)15(10-21-25)18(26)20-9-12(2)22-19(27)17-13(3)23-24(5)14(17)4/h6-8,10,12H,9H2,1-5H3,(H,20,26)(H,22,27). The Morgan fingerprint density at radius 3 is 2.63 bits per heavy atom. The van der Waals surface area contributed by atoms with Crippen LogP contribution in [0.3, 0.4) is 0 Å². The monoisotopic (exact) mass is 368 g/mol. The minimum atomic E-state index is -0.232. The number of hydrogen-bond donors (Lipinski definition) is 2. The lowest BCUT2D eigenvalue weighted by Crippen LogP contribution is -2.42. The fourth-order valence-corrected chi connectivity index (χ4v) is 3.05. The summed E-state index contributed by atoms with van der Waals surface area (Å²) >= 11 is 0. The maximum Gasteiger partial charge on any atom is 0.255 e. The van der Waals surface area contributed by atoms with Gasteiger partial charge in [-0.3, -0.25) is 14.3 Å². The molecular formula is C19H24N6O2. The van der Waals surface area contributed by atoms with Crippen molar-refractivity contribution >= 4 is 17.3 Å². The van der Waals surface area contributed by atoms with Crippen LogP contribution in [0.4, 0.5) is 0 Å². The molecule has 3 aromatic rings. The first kappa shape index (κ1) is 18.6. The van der Waals surface area contributed by atoms with Crippen LogP contribution < -0.4 is 10.6 Å². The fourth-order valence-electron chi connectivity index (χ4n) is 3.05. The maximum atomic E-state index is 12.5. The minimum Gasteiger partial charge on any atom is -0.350 e. The predicted molar refractivity (Wildman–Crippen MR) is 102 cm³/mol. The van der Waals surface area contributed by atoms with Gasteiger partial charge in [0.25, 0.3) is 11.8 Å². The highest BCUT2D eigenvalue weighted by atomic mass is 16.2. The summed E-state index contributed by atoms with van der Waals surface area (Å²) < 4.78 is 3.35. The van der Waals surface area contributed by atoms with Crippen LogP contribution in [0.25, 0.3) is 5.52 Å². The molecule has 2 amide bonds. The Morgan fingerprint density at radius 2 is 1.96 bits per heavy atom. The van der Waals surface area contributed by atoms with E-state index in [1.165, 1.54) is 0 Å². The highest BCUT2D eigenvalue weighted by Crippen LogP contribution is 2.13. The van der Waals surface area contributed by atoms with Crippen LogP contribution in [0.15, 0.2) is 24.5 Å². The van der Waals surface area contributed by atoms with E-state index in [1.807, 2.05) is 46.0 Å². The lowest BCUT2D eigenvalue weighted by molar-refractivity contribution is 0.0912. The van der Waals surface area contributed by atoms with Crippen LogP contribution in [0.2, 0.25) is 0 Å². The summed E-state index contributed by atoms with van der Waals surface area (Å²) in [5, 5.41) is 14.2. The Bertz CT molecular complexity index is 1020. The summed E-state index contributed by atoms with van der Waals surface area (Å²) in [6.45, 7) is 7.79. The number of pyridine rings is 1. The summed E-state index contributed by atoms with van der Waals surface area (Å²) in [6.07, 6.45) is 3.37. The van der Waals surface area contributed by atoms with Crippen LogP contribution in [-0.4, -0.2) is 43.8 Å². The van der Waals surface area contributed by atoms with Crippen LogP contribution in [0.5, 0.6) is 0 Å². The number of fused-ring (bicyclic) bond motifs is 1. The van der Waals surface area contributed by atoms with Crippen LogP contribution >= 0.6 is 0 Å². The SMILES string of the molecule is Cc1ccn2ncc(C(=O)NCC(C)NC(=O)c3c(C)nn(C)c3C)c2c1. The van der Waals surface area contributed by atoms with E-state index in [9.17, 15) is 9.59 Å². The second kappa shape index (κ2) is 7.22. The molecule has 0 aliphatic rings. The molecule has 0 radical (unpaired) electrons. The average Bonchev–Trinajstić information content (AvgIpc) is 3.13. The van der Waals surface area contributed by atoms with E-state index in [1.54, 1.807) is 22.4 Å². The summed E-state index contributed by atoms with van der Waals surface area (Å²) in [4.78, 5) is 25.0. The zero-order valence-corrected chi connectivity index (χ0v) is 16.2. The van der Waals surface area contributed by atoms with Crippen molar-refractivity contribution in [2.45, 2.75) is 33.7 Å². The molecule has 1 unspecified atom stereocenters. The van der Waals surface area contributed by atoms with Crippen molar-refractivity contribution in [3.63, 3.8) is 0 Å². The van der Waals surface area contributed by atoms with Gasteiger partial charge in [0.05, 0.1) is 28.5 Å². The molecular weight excluding hydrogens is 344 g/mol. The van der Waals surface area contributed by atoms with Crippen LogP contribution in [0.1, 0.15) is 44.6 Å². The van der Waals surface area contributed by atoms with Gasteiger partial charge in [-0.1, -0.05) is 0 Å². The average molecular weight is 368 g/mol. The smallest absolute Gasteiger partial charge is 0.255 e. The summed E-state index contributed by atoms with van der Waals surface area (Å²) in [6, 6.07) is 3.62. The van der Waals surface area contributed by atoms with Crippen LogP contribution in [0, 0.1) is 20.8 Å². The molecule has 0 aliphatic carbocycles. The topological polar surface area (TPSA) is 93.3 Å². The van der Waals surface area contributed by atoms with Crippen molar-refractivity contribution < 1.29 is 9.59 Å². The van der Waals surface area contributed by atoms with Gasteiger partial charge in [-0.25, -0.2) is 4.52 Å². The first-order valence-corrected chi connectivity index (χ1v) is 8.81. The largest absolute Gasteiger partial charge is 0.350 e. The number of amides is 2. The number of carbonyl (C=O) groups is 2. The molecule has 27 heavy (non-hydrogen) atoms. The van der Waals surface area contributed by atoms with E-state index in [0.29, 0.717) is 23.4 Å². The number of nitrogens with zero attached hydrogens (tertiary/aromatic N) is 4. The lowest BCUT2D eigenvalue weighted by atomic mass is 10.1. The zero-order valence-electron chi connectivity index (χ0n) is 16.2. The van der Waals surface area contributed by atoms with E-state index < -0.39 is 0 Å². The third-order valence-corrected chi connectivity index (χ3v) is 4.60. The molecule has 0 bridgehead atoms. The van der Waals surface area contributed by atoms with Gasteiger partial charge >= 0.3 is 0 Å². The molecule has 0 aromatic carbocycles. The number of rotatable bonds is 5. The predicted octanol–water partition coefficient (Wildman–Crippen LogP) is 1.54. The van der Waals surface area contributed by atoms with Crippen molar-refractivity contribution in [3.05, 3.63) is 52.6 Å². The summed E-state index contributed by atoms with van der Waals surface area (Å²) in [5.74, 6) is -0.406. The Hall–Kier alpha value is -3.16. The molecule has 8 heteroatoms. The lowest BCUT2D eigenvalue weighted by Gasteiger charge is -2.15. The Morgan fingerprint density at radius 1 is 1.22 bits per heavy atom. The fraction of sp³-hybridized carbons (Fsp3) is 0.368. The van der Waals surface area contributed by atoms with Crippen molar-refractivity contribution in [3.8, 4) is 0 Å². The summed E-state index contributed by atoms with van der Waals surface area (Å²) in [5.41, 5.74) is 4.39. The normalized spacial score (nSPS) is 12.2. The van der Waals surface area contributed by atoms with Crippen molar-refractivity contribution in [1.82, 2.24) is 30.0 Å². The van der Waals surface area contributed by atoms with Crippen molar-refractivity contribution in [2.75, 3.05) is 6.54 Å². The van der Waals surface area contributed by atoms with Gasteiger partial charge in [-0.05, 0) is 45.4 Å². The van der Waals surface area contributed by atoms with E-state index >= 15 is 0 Å². The molecule has 142 valence electrons. The molecule has 3 heterocycles. The van der Waals surface area contributed by atoms with Crippen molar-refractivity contribution in [1.29, 1.82) is 0 Å². The van der Waals surface area contributed by atoms with Gasteiger partial charge in [0.2, 0.25) is 0 Å². The number of aryl methyl sites for hydroxylation is 3. The molecule has 3 aromatic heterocycles.